The predicted molar refractivity (Wildman–Crippen MR) is 45.8 cm³/mol. The third-order valence-electron chi connectivity index (χ3n) is 1.64. The maximum atomic E-state index is 8.61. The van der Waals surface area contributed by atoms with Crippen molar-refractivity contribution in [3.63, 3.8) is 0 Å². The normalized spacial score (nSPS) is 10.4. The number of thiazole rings is 1. The third kappa shape index (κ3) is 0.818. The zero-order valence-corrected chi connectivity index (χ0v) is 7.51. The van der Waals surface area contributed by atoms with E-state index in [4.69, 9.17) is 5.26 Å². The lowest BCUT2D eigenvalue weighted by Gasteiger charge is -1.84. The van der Waals surface area contributed by atoms with Crippen LogP contribution in [0.15, 0.2) is 0 Å². The standard InChI is InChI=1S/C7H6N4S/c1-4-6-7(11(2)10-4)9-5(3-8)12-6/h1-2H3. The molecule has 60 valence electrons. The van der Waals surface area contributed by atoms with Crippen molar-refractivity contribution in [2.24, 2.45) is 7.05 Å². The van der Waals surface area contributed by atoms with Gasteiger partial charge in [-0.25, -0.2) is 9.67 Å². The first-order valence-corrected chi connectivity index (χ1v) is 4.24. The zero-order chi connectivity index (χ0) is 8.72. The van der Waals surface area contributed by atoms with Gasteiger partial charge in [0.25, 0.3) is 0 Å². The monoisotopic (exact) mass is 178 g/mol. The summed E-state index contributed by atoms with van der Waals surface area (Å²) in [4.78, 5) is 4.11. The van der Waals surface area contributed by atoms with Crippen LogP contribution in [0.2, 0.25) is 0 Å². The Labute approximate surface area is 73.1 Å². The summed E-state index contributed by atoms with van der Waals surface area (Å²) < 4.78 is 2.70. The molecule has 0 aliphatic carbocycles. The third-order valence-corrected chi connectivity index (χ3v) is 2.70. The van der Waals surface area contributed by atoms with Gasteiger partial charge < -0.3 is 0 Å². The van der Waals surface area contributed by atoms with Crippen LogP contribution < -0.4 is 0 Å². The number of hydrogen-bond donors (Lipinski definition) is 0. The van der Waals surface area contributed by atoms with Crippen LogP contribution in [-0.2, 0) is 7.05 Å². The molecule has 0 fully saturated rings. The molecule has 0 spiro atoms. The Hall–Kier alpha value is -1.41. The highest BCUT2D eigenvalue weighted by Crippen LogP contribution is 2.23. The molecule has 2 aromatic rings. The summed E-state index contributed by atoms with van der Waals surface area (Å²) >= 11 is 1.39. The largest absolute Gasteiger partial charge is 0.249 e. The first-order chi connectivity index (χ1) is 5.72. The van der Waals surface area contributed by atoms with Crippen molar-refractivity contribution in [3.05, 3.63) is 10.7 Å². The fourth-order valence-corrected chi connectivity index (χ4v) is 1.96. The number of nitrogens with zero attached hydrogens (tertiary/aromatic N) is 4. The van der Waals surface area contributed by atoms with E-state index >= 15 is 0 Å². The van der Waals surface area contributed by atoms with Crippen molar-refractivity contribution in [2.75, 3.05) is 0 Å². The van der Waals surface area contributed by atoms with E-state index in [1.54, 1.807) is 4.68 Å². The lowest BCUT2D eigenvalue weighted by atomic mass is 10.5. The maximum absolute atomic E-state index is 8.61. The average molecular weight is 178 g/mol. The fraction of sp³-hybridized carbons (Fsp3) is 0.286. The van der Waals surface area contributed by atoms with Crippen molar-refractivity contribution in [3.8, 4) is 6.07 Å². The van der Waals surface area contributed by atoms with E-state index in [9.17, 15) is 0 Å². The fourth-order valence-electron chi connectivity index (χ4n) is 1.13. The van der Waals surface area contributed by atoms with Crippen LogP contribution in [0.4, 0.5) is 0 Å². The number of fused-ring (bicyclic) bond motifs is 1. The number of hydrogen-bond acceptors (Lipinski definition) is 4. The molecule has 0 aliphatic heterocycles. The van der Waals surface area contributed by atoms with Crippen molar-refractivity contribution in [2.45, 2.75) is 6.92 Å². The summed E-state index contributed by atoms with van der Waals surface area (Å²) in [5, 5.41) is 13.3. The molecule has 12 heavy (non-hydrogen) atoms. The molecular formula is C7H6N4S. The molecule has 0 atom stereocenters. The second kappa shape index (κ2) is 2.29. The van der Waals surface area contributed by atoms with Crippen molar-refractivity contribution in [1.82, 2.24) is 14.8 Å². The van der Waals surface area contributed by atoms with Crippen molar-refractivity contribution in [1.29, 1.82) is 5.26 Å². The van der Waals surface area contributed by atoms with Crippen LogP contribution in [0.5, 0.6) is 0 Å². The van der Waals surface area contributed by atoms with E-state index in [-0.39, 0.29) is 0 Å². The molecule has 0 unspecified atom stereocenters. The van der Waals surface area contributed by atoms with Crippen LogP contribution in [0.1, 0.15) is 10.7 Å². The van der Waals surface area contributed by atoms with E-state index in [0.717, 1.165) is 16.0 Å². The quantitative estimate of drug-likeness (QED) is 0.609. The highest BCUT2D eigenvalue weighted by Gasteiger charge is 2.10. The Morgan fingerprint density at radius 1 is 1.58 bits per heavy atom. The molecule has 2 aromatic heterocycles. The minimum Gasteiger partial charge on any atom is -0.249 e. The molecule has 0 aliphatic rings. The van der Waals surface area contributed by atoms with Gasteiger partial charge in [0, 0.05) is 7.05 Å². The predicted octanol–water partition coefficient (Wildman–Crippen LogP) is 1.21. The van der Waals surface area contributed by atoms with Gasteiger partial charge in [0.2, 0.25) is 0 Å². The maximum Gasteiger partial charge on any atom is 0.197 e. The molecule has 0 saturated carbocycles. The molecule has 4 nitrogen and oxygen atoms in total. The van der Waals surface area contributed by atoms with Gasteiger partial charge >= 0.3 is 0 Å². The first kappa shape index (κ1) is 7.25. The number of rotatable bonds is 0. The molecule has 5 heteroatoms. The highest BCUT2D eigenvalue weighted by atomic mass is 32.1. The molecule has 0 radical (unpaired) electrons. The average Bonchev–Trinajstić information content (AvgIpc) is 2.55. The van der Waals surface area contributed by atoms with Crippen LogP contribution in [0.3, 0.4) is 0 Å². The lowest BCUT2D eigenvalue weighted by Crippen LogP contribution is -1.90. The first-order valence-electron chi connectivity index (χ1n) is 3.42. The number of aryl methyl sites for hydroxylation is 2. The number of aromatic nitrogens is 3. The summed E-state index contributed by atoms with van der Waals surface area (Å²) in [6.45, 7) is 1.92. The molecule has 0 saturated heterocycles. The van der Waals surface area contributed by atoms with Crippen molar-refractivity contribution >= 4 is 21.7 Å². The van der Waals surface area contributed by atoms with Gasteiger partial charge in [-0.15, -0.1) is 0 Å². The van der Waals surface area contributed by atoms with E-state index in [2.05, 4.69) is 10.1 Å². The van der Waals surface area contributed by atoms with Crippen LogP contribution >= 0.6 is 11.3 Å². The summed E-state index contributed by atoms with van der Waals surface area (Å²) in [5.41, 5.74) is 1.74. The van der Waals surface area contributed by atoms with E-state index in [1.807, 2.05) is 20.0 Å². The van der Waals surface area contributed by atoms with Gasteiger partial charge in [0.15, 0.2) is 10.7 Å². The van der Waals surface area contributed by atoms with Gasteiger partial charge in [0.05, 0.1) is 10.4 Å². The molecule has 2 rings (SSSR count). The van der Waals surface area contributed by atoms with Crippen LogP contribution in [0.25, 0.3) is 10.3 Å². The number of nitriles is 1. The Kier molecular flexibility index (Phi) is 1.38. The zero-order valence-electron chi connectivity index (χ0n) is 6.70. The van der Waals surface area contributed by atoms with Crippen molar-refractivity contribution < 1.29 is 0 Å². The smallest absolute Gasteiger partial charge is 0.197 e. The molecule has 0 amide bonds. The van der Waals surface area contributed by atoms with Crippen LogP contribution in [-0.4, -0.2) is 14.8 Å². The Morgan fingerprint density at radius 2 is 2.33 bits per heavy atom. The molecule has 2 heterocycles. The Balaban J connectivity index is 2.86. The molecule has 0 bridgehead atoms. The summed E-state index contributed by atoms with van der Waals surface area (Å²) in [7, 11) is 1.83. The van der Waals surface area contributed by atoms with E-state index < -0.39 is 0 Å². The Bertz CT molecular complexity index is 439. The highest BCUT2D eigenvalue weighted by molar-refractivity contribution is 7.19. The molecular weight excluding hydrogens is 172 g/mol. The van der Waals surface area contributed by atoms with Gasteiger partial charge in [-0.05, 0) is 6.92 Å². The van der Waals surface area contributed by atoms with Gasteiger partial charge in [0.1, 0.15) is 6.07 Å². The summed E-state index contributed by atoms with van der Waals surface area (Å²) in [6, 6.07) is 2.02. The minimum atomic E-state index is 0.501. The SMILES string of the molecule is Cc1nn(C)c2nc(C#N)sc12. The van der Waals surface area contributed by atoms with Crippen LogP contribution in [0, 0.1) is 18.3 Å². The summed E-state index contributed by atoms with van der Waals surface area (Å²) in [6.07, 6.45) is 0. The Morgan fingerprint density at radius 3 is 2.92 bits per heavy atom. The minimum absolute atomic E-state index is 0.501. The lowest BCUT2D eigenvalue weighted by molar-refractivity contribution is 0.774. The topological polar surface area (TPSA) is 54.5 Å². The van der Waals surface area contributed by atoms with E-state index in [0.29, 0.717) is 5.01 Å². The summed E-state index contributed by atoms with van der Waals surface area (Å²) in [5.74, 6) is 0. The second-order valence-corrected chi connectivity index (χ2v) is 3.49. The molecule has 0 aromatic carbocycles. The van der Waals surface area contributed by atoms with Gasteiger partial charge in [-0.1, -0.05) is 11.3 Å². The van der Waals surface area contributed by atoms with Gasteiger partial charge in [-0.2, -0.15) is 10.4 Å². The molecule has 0 N–H and O–H groups in total. The van der Waals surface area contributed by atoms with Gasteiger partial charge in [-0.3, -0.25) is 0 Å². The van der Waals surface area contributed by atoms with E-state index in [1.165, 1.54) is 11.3 Å². The second-order valence-electron chi connectivity index (χ2n) is 2.49.